The van der Waals surface area contributed by atoms with Crippen LogP contribution in [0.15, 0.2) is 23.0 Å². The first kappa shape index (κ1) is 16.4. The van der Waals surface area contributed by atoms with Crippen LogP contribution in [0.4, 0.5) is 5.69 Å². The molecule has 1 heterocycles. The average Bonchev–Trinajstić information content (AvgIpc) is 2.47. The van der Waals surface area contributed by atoms with Gasteiger partial charge in [0.25, 0.3) is 5.56 Å². The van der Waals surface area contributed by atoms with Gasteiger partial charge in [0.2, 0.25) is 0 Å². The van der Waals surface area contributed by atoms with Gasteiger partial charge in [-0.1, -0.05) is 37.6 Å². The minimum absolute atomic E-state index is 0.0268. The number of carbonyl (C=O) groups is 1. The lowest BCUT2D eigenvalue weighted by Gasteiger charge is -2.14. The fourth-order valence-electron chi connectivity index (χ4n) is 2.25. The molecular formula is C16H19ClN2O3. The first-order chi connectivity index (χ1) is 10.5. The number of rotatable bonds is 5. The molecule has 0 atom stereocenters. The molecular weight excluding hydrogens is 304 g/mol. The summed E-state index contributed by atoms with van der Waals surface area (Å²) in [5.74, 6) is -0.166. The van der Waals surface area contributed by atoms with Gasteiger partial charge in [0.05, 0.1) is 23.3 Å². The van der Waals surface area contributed by atoms with Crippen molar-refractivity contribution in [1.82, 2.24) is 4.98 Å². The number of nitrogens with one attached hydrogen (secondary N) is 2. The van der Waals surface area contributed by atoms with E-state index in [1.807, 2.05) is 0 Å². The molecule has 2 aromatic rings. The third kappa shape index (κ3) is 3.25. The van der Waals surface area contributed by atoms with Crippen molar-refractivity contribution < 1.29 is 9.53 Å². The Morgan fingerprint density at radius 3 is 2.77 bits per heavy atom. The van der Waals surface area contributed by atoms with Gasteiger partial charge in [-0.2, -0.15) is 0 Å². The number of aromatic amines is 1. The Labute approximate surface area is 133 Å². The molecule has 0 radical (unpaired) electrons. The summed E-state index contributed by atoms with van der Waals surface area (Å²) in [5, 5.41) is 4.31. The van der Waals surface area contributed by atoms with Gasteiger partial charge in [-0.15, -0.1) is 0 Å². The van der Waals surface area contributed by atoms with Crippen molar-refractivity contribution in [2.45, 2.75) is 20.3 Å². The van der Waals surface area contributed by atoms with Crippen molar-refractivity contribution in [2.75, 3.05) is 19.0 Å². The first-order valence-electron chi connectivity index (χ1n) is 7.12. The van der Waals surface area contributed by atoms with E-state index < -0.39 is 11.5 Å². The van der Waals surface area contributed by atoms with E-state index in [4.69, 9.17) is 16.3 Å². The molecule has 6 heteroatoms. The Hall–Kier alpha value is -2.01. The maximum atomic E-state index is 12.2. The summed E-state index contributed by atoms with van der Waals surface area (Å²) in [6.45, 7) is 4.86. The molecule has 0 fully saturated rings. The highest BCUT2D eigenvalue weighted by Gasteiger charge is 2.20. The Kier molecular flexibility index (Phi) is 5.08. The summed E-state index contributed by atoms with van der Waals surface area (Å²) in [5.41, 5.74) is 0.433. The van der Waals surface area contributed by atoms with E-state index in [2.05, 4.69) is 24.1 Å². The number of aromatic nitrogens is 1. The van der Waals surface area contributed by atoms with Crippen molar-refractivity contribution in [3.8, 4) is 0 Å². The van der Waals surface area contributed by atoms with E-state index in [9.17, 15) is 9.59 Å². The second kappa shape index (κ2) is 6.83. The van der Waals surface area contributed by atoms with Crippen molar-refractivity contribution in [3.63, 3.8) is 0 Å². The van der Waals surface area contributed by atoms with Gasteiger partial charge in [-0.05, 0) is 18.4 Å². The number of ether oxygens (including phenoxy) is 1. The minimum atomic E-state index is -0.671. The van der Waals surface area contributed by atoms with Gasteiger partial charge in [-0.25, -0.2) is 4.79 Å². The molecule has 0 saturated heterocycles. The third-order valence-corrected chi connectivity index (χ3v) is 3.73. The molecule has 0 aliphatic rings. The molecule has 0 aliphatic carbocycles. The summed E-state index contributed by atoms with van der Waals surface area (Å²) < 4.78 is 4.73. The predicted molar refractivity (Wildman–Crippen MR) is 88.9 cm³/mol. The number of para-hydroxylation sites is 1. The second-order valence-electron chi connectivity index (χ2n) is 5.47. The van der Waals surface area contributed by atoms with E-state index in [0.717, 1.165) is 6.42 Å². The van der Waals surface area contributed by atoms with Gasteiger partial charge in [0, 0.05) is 11.9 Å². The lowest BCUT2D eigenvalue weighted by atomic mass is 10.1. The van der Waals surface area contributed by atoms with Crippen LogP contribution in [0.25, 0.3) is 10.9 Å². The van der Waals surface area contributed by atoms with Gasteiger partial charge >= 0.3 is 5.97 Å². The molecule has 0 unspecified atom stereocenters. The first-order valence-corrected chi connectivity index (χ1v) is 7.50. The predicted octanol–water partition coefficient (Wildman–Crippen LogP) is 3.43. The summed E-state index contributed by atoms with van der Waals surface area (Å²) in [7, 11) is 1.25. The number of methoxy groups -OCH3 is 1. The molecule has 0 spiro atoms. The quantitative estimate of drug-likeness (QED) is 0.827. The smallest absolute Gasteiger partial charge is 0.345 e. The largest absolute Gasteiger partial charge is 0.465 e. The molecule has 0 amide bonds. The molecule has 2 rings (SSSR count). The number of anilines is 1. The molecule has 1 aromatic heterocycles. The Morgan fingerprint density at radius 2 is 2.14 bits per heavy atom. The SMILES string of the molecule is COC(=O)c1c(NCCC(C)C)c2cccc(Cl)c2[nH]c1=O. The van der Waals surface area contributed by atoms with Crippen molar-refractivity contribution in [1.29, 1.82) is 0 Å². The lowest BCUT2D eigenvalue weighted by molar-refractivity contribution is 0.0600. The molecule has 0 saturated carbocycles. The number of carbonyl (C=O) groups excluding carboxylic acids is 1. The van der Waals surface area contributed by atoms with Gasteiger partial charge in [0.1, 0.15) is 5.56 Å². The Morgan fingerprint density at radius 1 is 1.41 bits per heavy atom. The highest BCUT2D eigenvalue weighted by molar-refractivity contribution is 6.35. The van der Waals surface area contributed by atoms with Gasteiger partial charge < -0.3 is 15.0 Å². The highest BCUT2D eigenvalue weighted by Crippen LogP contribution is 2.28. The Balaban J connectivity index is 2.62. The summed E-state index contributed by atoms with van der Waals surface area (Å²) in [6.07, 6.45) is 0.912. The van der Waals surface area contributed by atoms with Crippen LogP contribution < -0.4 is 10.9 Å². The van der Waals surface area contributed by atoms with Gasteiger partial charge in [0.15, 0.2) is 0 Å². The fourth-order valence-corrected chi connectivity index (χ4v) is 2.47. The maximum absolute atomic E-state index is 12.2. The maximum Gasteiger partial charge on any atom is 0.345 e. The molecule has 1 aromatic carbocycles. The van der Waals surface area contributed by atoms with Crippen LogP contribution in [0.2, 0.25) is 5.02 Å². The van der Waals surface area contributed by atoms with Crippen LogP contribution in [0.3, 0.4) is 0 Å². The third-order valence-electron chi connectivity index (χ3n) is 3.41. The zero-order valence-electron chi connectivity index (χ0n) is 12.8. The van der Waals surface area contributed by atoms with E-state index in [-0.39, 0.29) is 5.56 Å². The van der Waals surface area contributed by atoms with Crippen LogP contribution in [-0.2, 0) is 4.74 Å². The lowest BCUT2D eigenvalue weighted by Crippen LogP contribution is -2.22. The highest BCUT2D eigenvalue weighted by atomic mass is 35.5. The van der Waals surface area contributed by atoms with E-state index in [1.54, 1.807) is 18.2 Å². The zero-order chi connectivity index (χ0) is 16.3. The van der Waals surface area contributed by atoms with Crippen LogP contribution in [-0.4, -0.2) is 24.6 Å². The fraction of sp³-hybridized carbons (Fsp3) is 0.375. The normalized spacial score (nSPS) is 11.0. The minimum Gasteiger partial charge on any atom is -0.465 e. The number of hydrogen-bond acceptors (Lipinski definition) is 4. The number of esters is 1. The monoisotopic (exact) mass is 322 g/mol. The second-order valence-corrected chi connectivity index (χ2v) is 5.87. The number of hydrogen-bond donors (Lipinski definition) is 2. The summed E-state index contributed by atoms with van der Waals surface area (Å²) >= 11 is 6.14. The average molecular weight is 323 g/mol. The van der Waals surface area contributed by atoms with E-state index >= 15 is 0 Å². The van der Waals surface area contributed by atoms with E-state index in [1.165, 1.54) is 7.11 Å². The molecule has 5 nitrogen and oxygen atoms in total. The standard InChI is InChI=1S/C16H19ClN2O3/c1-9(2)7-8-18-14-10-5-4-6-11(17)13(10)19-15(20)12(14)16(21)22-3/h4-6,9H,7-8H2,1-3H3,(H2,18,19,20). The molecule has 2 N–H and O–H groups in total. The van der Waals surface area contributed by atoms with Crippen LogP contribution in [0.1, 0.15) is 30.6 Å². The molecule has 118 valence electrons. The molecule has 0 bridgehead atoms. The zero-order valence-corrected chi connectivity index (χ0v) is 13.6. The Bertz CT molecular complexity index is 753. The van der Waals surface area contributed by atoms with E-state index in [0.29, 0.717) is 34.1 Å². The van der Waals surface area contributed by atoms with Crippen molar-refractivity contribution in [3.05, 3.63) is 39.1 Å². The van der Waals surface area contributed by atoms with Gasteiger partial charge in [-0.3, -0.25) is 4.79 Å². The number of pyridine rings is 1. The van der Waals surface area contributed by atoms with Crippen LogP contribution in [0.5, 0.6) is 0 Å². The van der Waals surface area contributed by atoms with Crippen LogP contribution >= 0.6 is 11.6 Å². The number of benzene rings is 1. The topological polar surface area (TPSA) is 71.2 Å². The summed E-state index contributed by atoms with van der Waals surface area (Å²) in [6, 6.07) is 5.27. The van der Waals surface area contributed by atoms with Crippen molar-refractivity contribution >= 4 is 34.2 Å². The van der Waals surface area contributed by atoms with Crippen molar-refractivity contribution in [2.24, 2.45) is 5.92 Å². The molecule has 0 aliphatic heterocycles. The number of H-pyrrole nitrogens is 1. The molecule has 22 heavy (non-hydrogen) atoms. The number of fused-ring (bicyclic) bond motifs is 1. The van der Waals surface area contributed by atoms with Crippen LogP contribution in [0, 0.1) is 5.92 Å². The number of halogens is 1. The summed E-state index contributed by atoms with van der Waals surface area (Å²) in [4.78, 5) is 26.9.